The minimum atomic E-state index is 0.533. The zero-order chi connectivity index (χ0) is 13.0. The van der Waals surface area contributed by atoms with E-state index in [0.29, 0.717) is 18.2 Å². The number of nitrogens with two attached hydrogens (primary N) is 1. The SMILES string of the molecule is CCOc1ccc(Oc2ccc(N)c(C)n2)cc1. The first-order valence-corrected chi connectivity index (χ1v) is 5.83. The molecule has 0 unspecified atom stereocenters. The largest absolute Gasteiger partial charge is 0.494 e. The number of hydrogen-bond acceptors (Lipinski definition) is 4. The third-order valence-electron chi connectivity index (χ3n) is 2.46. The molecule has 4 nitrogen and oxygen atoms in total. The van der Waals surface area contributed by atoms with E-state index in [-0.39, 0.29) is 0 Å². The molecule has 4 heteroatoms. The van der Waals surface area contributed by atoms with Gasteiger partial charge in [-0.05, 0) is 44.2 Å². The molecular weight excluding hydrogens is 228 g/mol. The first-order chi connectivity index (χ1) is 8.69. The first-order valence-electron chi connectivity index (χ1n) is 5.83. The van der Waals surface area contributed by atoms with Gasteiger partial charge in [0.2, 0.25) is 5.88 Å². The average Bonchev–Trinajstić information content (AvgIpc) is 2.37. The van der Waals surface area contributed by atoms with Crippen molar-refractivity contribution >= 4 is 5.69 Å². The van der Waals surface area contributed by atoms with E-state index in [9.17, 15) is 0 Å². The molecule has 2 aromatic rings. The van der Waals surface area contributed by atoms with Gasteiger partial charge in [-0.1, -0.05) is 0 Å². The maximum absolute atomic E-state index is 5.70. The van der Waals surface area contributed by atoms with Crippen molar-refractivity contribution in [3.05, 3.63) is 42.1 Å². The molecule has 0 bridgehead atoms. The molecule has 0 aliphatic rings. The molecule has 2 rings (SSSR count). The molecule has 0 fully saturated rings. The van der Waals surface area contributed by atoms with Crippen molar-refractivity contribution in [2.75, 3.05) is 12.3 Å². The normalized spacial score (nSPS) is 10.1. The van der Waals surface area contributed by atoms with Gasteiger partial charge in [-0.25, -0.2) is 4.98 Å². The highest BCUT2D eigenvalue weighted by molar-refractivity contribution is 5.44. The summed E-state index contributed by atoms with van der Waals surface area (Å²) in [5.74, 6) is 2.08. The molecule has 2 N–H and O–H groups in total. The number of rotatable bonds is 4. The van der Waals surface area contributed by atoms with E-state index in [1.54, 1.807) is 12.1 Å². The molecule has 0 aliphatic heterocycles. The lowest BCUT2D eigenvalue weighted by Gasteiger charge is -2.07. The molecule has 0 saturated heterocycles. The monoisotopic (exact) mass is 244 g/mol. The summed E-state index contributed by atoms with van der Waals surface area (Å²) in [5.41, 5.74) is 7.12. The van der Waals surface area contributed by atoms with Crippen molar-refractivity contribution in [3.8, 4) is 17.4 Å². The predicted molar refractivity (Wildman–Crippen MR) is 71.1 cm³/mol. The van der Waals surface area contributed by atoms with Gasteiger partial charge in [0.05, 0.1) is 18.0 Å². The molecule has 0 spiro atoms. The highest BCUT2D eigenvalue weighted by Gasteiger charge is 2.01. The van der Waals surface area contributed by atoms with E-state index in [1.165, 1.54) is 0 Å². The average molecular weight is 244 g/mol. The Balaban J connectivity index is 2.10. The zero-order valence-corrected chi connectivity index (χ0v) is 10.5. The Labute approximate surface area is 106 Å². The summed E-state index contributed by atoms with van der Waals surface area (Å²) in [6, 6.07) is 11.0. The Morgan fingerprint density at radius 2 is 1.72 bits per heavy atom. The predicted octanol–water partition coefficient (Wildman–Crippen LogP) is 3.16. The second-order valence-corrected chi connectivity index (χ2v) is 3.83. The topological polar surface area (TPSA) is 57.4 Å². The van der Waals surface area contributed by atoms with Crippen molar-refractivity contribution in [2.45, 2.75) is 13.8 Å². The number of nitrogen functional groups attached to an aromatic ring is 1. The summed E-state index contributed by atoms with van der Waals surface area (Å²) in [6.07, 6.45) is 0. The minimum absolute atomic E-state index is 0.533. The number of anilines is 1. The van der Waals surface area contributed by atoms with Crippen molar-refractivity contribution in [1.82, 2.24) is 4.98 Å². The van der Waals surface area contributed by atoms with Crippen LogP contribution in [-0.4, -0.2) is 11.6 Å². The van der Waals surface area contributed by atoms with Crippen LogP contribution in [0.1, 0.15) is 12.6 Å². The molecule has 0 radical (unpaired) electrons. The number of ether oxygens (including phenoxy) is 2. The number of nitrogens with zero attached hydrogens (tertiary/aromatic N) is 1. The Bertz CT molecular complexity index is 524. The lowest BCUT2D eigenvalue weighted by atomic mass is 10.3. The molecule has 0 aliphatic carbocycles. The Morgan fingerprint density at radius 1 is 1.06 bits per heavy atom. The van der Waals surface area contributed by atoms with Gasteiger partial charge in [0.1, 0.15) is 11.5 Å². The lowest BCUT2D eigenvalue weighted by molar-refractivity contribution is 0.339. The summed E-state index contributed by atoms with van der Waals surface area (Å²) in [7, 11) is 0. The van der Waals surface area contributed by atoms with E-state index in [2.05, 4.69) is 4.98 Å². The number of aromatic nitrogens is 1. The second kappa shape index (κ2) is 5.40. The van der Waals surface area contributed by atoms with Crippen LogP contribution in [0.5, 0.6) is 17.4 Å². The molecular formula is C14H16N2O2. The van der Waals surface area contributed by atoms with Gasteiger partial charge in [0.15, 0.2) is 0 Å². The van der Waals surface area contributed by atoms with E-state index in [1.807, 2.05) is 38.1 Å². The first kappa shape index (κ1) is 12.2. The number of hydrogen-bond donors (Lipinski definition) is 1. The van der Waals surface area contributed by atoms with Crippen LogP contribution in [-0.2, 0) is 0 Å². The molecule has 94 valence electrons. The highest BCUT2D eigenvalue weighted by atomic mass is 16.5. The van der Waals surface area contributed by atoms with Crippen molar-refractivity contribution in [1.29, 1.82) is 0 Å². The number of benzene rings is 1. The van der Waals surface area contributed by atoms with Crippen LogP contribution in [0.3, 0.4) is 0 Å². The van der Waals surface area contributed by atoms with Gasteiger partial charge >= 0.3 is 0 Å². The fraction of sp³-hybridized carbons (Fsp3) is 0.214. The summed E-state index contributed by atoms with van der Waals surface area (Å²) < 4.78 is 11.0. The van der Waals surface area contributed by atoms with E-state index >= 15 is 0 Å². The van der Waals surface area contributed by atoms with Crippen LogP contribution in [0.15, 0.2) is 36.4 Å². The third kappa shape index (κ3) is 2.91. The fourth-order valence-corrected chi connectivity index (χ4v) is 1.50. The summed E-state index contributed by atoms with van der Waals surface area (Å²) in [6.45, 7) is 4.45. The quantitative estimate of drug-likeness (QED) is 0.897. The molecule has 18 heavy (non-hydrogen) atoms. The van der Waals surface area contributed by atoms with Crippen molar-refractivity contribution in [2.24, 2.45) is 0 Å². The van der Waals surface area contributed by atoms with Crippen LogP contribution in [0.25, 0.3) is 0 Å². The van der Waals surface area contributed by atoms with Gasteiger partial charge < -0.3 is 15.2 Å². The highest BCUT2D eigenvalue weighted by Crippen LogP contribution is 2.23. The summed E-state index contributed by atoms with van der Waals surface area (Å²) >= 11 is 0. The van der Waals surface area contributed by atoms with Gasteiger partial charge in [-0.15, -0.1) is 0 Å². The molecule has 0 saturated carbocycles. The molecule has 1 heterocycles. The van der Waals surface area contributed by atoms with Crippen LogP contribution in [0.4, 0.5) is 5.69 Å². The molecule has 0 atom stereocenters. The van der Waals surface area contributed by atoms with Crippen molar-refractivity contribution < 1.29 is 9.47 Å². The van der Waals surface area contributed by atoms with Crippen LogP contribution in [0, 0.1) is 6.92 Å². The lowest BCUT2D eigenvalue weighted by Crippen LogP contribution is -1.95. The van der Waals surface area contributed by atoms with E-state index in [4.69, 9.17) is 15.2 Å². The Kier molecular flexibility index (Phi) is 3.67. The van der Waals surface area contributed by atoms with Gasteiger partial charge in [0.25, 0.3) is 0 Å². The zero-order valence-electron chi connectivity index (χ0n) is 10.5. The fourth-order valence-electron chi connectivity index (χ4n) is 1.50. The summed E-state index contributed by atoms with van der Waals surface area (Å²) in [4.78, 5) is 4.25. The Hall–Kier alpha value is -2.23. The van der Waals surface area contributed by atoms with Gasteiger partial charge in [-0.3, -0.25) is 0 Å². The van der Waals surface area contributed by atoms with Crippen LogP contribution in [0.2, 0.25) is 0 Å². The van der Waals surface area contributed by atoms with Crippen molar-refractivity contribution in [3.63, 3.8) is 0 Å². The number of pyridine rings is 1. The van der Waals surface area contributed by atoms with Crippen LogP contribution < -0.4 is 15.2 Å². The minimum Gasteiger partial charge on any atom is -0.494 e. The summed E-state index contributed by atoms with van der Waals surface area (Å²) in [5, 5.41) is 0. The second-order valence-electron chi connectivity index (χ2n) is 3.83. The Morgan fingerprint density at radius 3 is 2.33 bits per heavy atom. The van der Waals surface area contributed by atoms with Gasteiger partial charge in [-0.2, -0.15) is 0 Å². The third-order valence-corrected chi connectivity index (χ3v) is 2.46. The standard InChI is InChI=1S/C14H16N2O2/c1-3-17-11-4-6-12(7-5-11)18-14-9-8-13(15)10(2)16-14/h4-9H,3,15H2,1-2H3. The maximum atomic E-state index is 5.70. The number of aryl methyl sites for hydroxylation is 1. The smallest absolute Gasteiger partial charge is 0.219 e. The molecule has 0 amide bonds. The maximum Gasteiger partial charge on any atom is 0.219 e. The van der Waals surface area contributed by atoms with E-state index < -0.39 is 0 Å². The molecule has 1 aromatic carbocycles. The molecule has 1 aromatic heterocycles. The van der Waals surface area contributed by atoms with Crippen LogP contribution >= 0.6 is 0 Å². The van der Waals surface area contributed by atoms with E-state index in [0.717, 1.165) is 17.2 Å². The van der Waals surface area contributed by atoms with Gasteiger partial charge in [0, 0.05) is 6.07 Å².